The van der Waals surface area contributed by atoms with Crippen molar-refractivity contribution in [3.8, 4) is 0 Å². The van der Waals surface area contributed by atoms with E-state index >= 15 is 0 Å². The summed E-state index contributed by atoms with van der Waals surface area (Å²) in [4.78, 5) is 11.0. The lowest BCUT2D eigenvalue weighted by Crippen LogP contribution is -2.46. The first-order valence-electron chi connectivity index (χ1n) is 3.70. The second kappa shape index (κ2) is 5.35. The molecular weight excluding hydrogens is 182 g/mol. The topological polar surface area (TPSA) is 61.5 Å². The van der Waals surface area contributed by atoms with Gasteiger partial charge in [-0.25, -0.2) is 4.79 Å². The van der Waals surface area contributed by atoms with Crippen LogP contribution in [0.25, 0.3) is 0 Å². The summed E-state index contributed by atoms with van der Waals surface area (Å²) in [6.45, 7) is 0.605. The molecule has 0 aromatic rings. The molecule has 2 N–H and O–H groups in total. The van der Waals surface area contributed by atoms with E-state index in [0.717, 1.165) is 12.8 Å². The molecule has 1 saturated heterocycles. The fourth-order valence-corrected chi connectivity index (χ4v) is 1.16. The van der Waals surface area contributed by atoms with E-state index in [-0.39, 0.29) is 24.4 Å². The predicted molar refractivity (Wildman–Crippen MR) is 46.2 cm³/mol. The molecule has 0 amide bonds. The molecule has 1 fully saturated rings. The second-order valence-corrected chi connectivity index (χ2v) is 2.62. The molecule has 72 valence electrons. The molecule has 4 nitrogen and oxygen atoms in total. The minimum atomic E-state index is -0.547. The molecular formula is C7H14ClNO3. The maximum atomic E-state index is 11.0. The number of rotatable bonds is 1. The smallest absolute Gasteiger partial charge is 0.336 e. The van der Waals surface area contributed by atoms with Gasteiger partial charge < -0.3 is 15.2 Å². The summed E-state index contributed by atoms with van der Waals surface area (Å²) in [7, 11) is 1.34. The van der Waals surface area contributed by atoms with Gasteiger partial charge in [-0.15, -0.1) is 12.4 Å². The van der Waals surface area contributed by atoms with E-state index in [0.29, 0.717) is 6.61 Å². The van der Waals surface area contributed by atoms with Crippen LogP contribution in [0.2, 0.25) is 0 Å². The first kappa shape index (κ1) is 11.7. The van der Waals surface area contributed by atoms with E-state index in [1.165, 1.54) is 7.11 Å². The van der Waals surface area contributed by atoms with Gasteiger partial charge in [0.15, 0.2) is 6.10 Å². The molecule has 0 saturated carbocycles. The van der Waals surface area contributed by atoms with E-state index in [2.05, 4.69) is 4.74 Å². The van der Waals surface area contributed by atoms with Crippen LogP contribution in [0.1, 0.15) is 12.8 Å². The summed E-state index contributed by atoms with van der Waals surface area (Å²) in [5, 5.41) is 0. The van der Waals surface area contributed by atoms with E-state index in [4.69, 9.17) is 10.5 Å². The van der Waals surface area contributed by atoms with E-state index in [9.17, 15) is 4.79 Å². The van der Waals surface area contributed by atoms with Crippen LogP contribution in [-0.4, -0.2) is 31.8 Å². The number of esters is 1. The van der Waals surface area contributed by atoms with Gasteiger partial charge in [-0.05, 0) is 12.8 Å². The van der Waals surface area contributed by atoms with Gasteiger partial charge in [0.05, 0.1) is 7.11 Å². The summed E-state index contributed by atoms with van der Waals surface area (Å²) in [5.41, 5.74) is 5.63. The fourth-order valence-electron chi connectivity index (χ4n) is 1.16. The van der Waals surface area contributed by atoms with E-state index in [1.54, 1.807) is 0 Å². The highest BCUT2D eigenvalue weighted by Gasteiger charge is 2.29. The zero-order valence-electron chi connectivity index (χ0n) is 6.99. The van der Waals surface area contributed by atoms with Crippen molar-refractivity contribution in [2.45, 2.75) is 25.0 Å². The number of ether oxygens (including phenoxy) is 2. The average molecular weight is 196 g/mol. The molecule has 1 aliphatic heterocycles. The fraction of sp³-hybridized carbons (Fsp3) is 0.857. The van der Waals surface area contributed by atoms with Crippen molar-refractivity contribution in [2.75, 3.05) is 13.7 Å². The van der Waals surface area contributed by atoms with Crippen molar-refractivity contribution in [1.82, 2.24) is 0 Å². The van der Waals surface area contributed by atoms with Gasteiger partial charge in [-0.3, -0.25) is 0 Å². The number of nitrogens with two attached hydrogens (primary N) is 1. The van der Waals surface area contributed by atoms with Crippen LogP contribution in [0, 0.1) is 0 Å². The first-order valence-corrected chi connectivity index (χ1v) is 3.70. The molecule has 5 heteroatoms. The quantitative estimate of drug-likeness (QED) is 0.603. The SMILES string of the molecule is COC(=O)[C@H]1OCCC[C@H]1N.Cl. The number of carbonyl (C=O) groups is 1. The van der Waals surface area contributed by atoms with Crippen LogP contribution >= 0.6 is 12.4 Å². The number of hydrogen-bond acceptors (Lipinski definition) is 4. The van der Waals surface area contributed by atoms with Crippen molar-refractivity contribution < 1.29 is 14.3 Å². The molecule has 0 spiro atoms. The largest absolute Gasteiger partial charge is 0.467 e. The van der Waals surface area contributed by atoms with Crippen LogP contribution in [0.3, 0.4) is 0 Å². The summed E-state index contributed by atoms with van der Waals surface area (Å²) in [6.07, 6.45) is 1.21. The Labute approximate surface area is 77.8 Å². The Kier molecular flexibility index (Phi) is 5.20. The zero-order chi connectivity index (χ0) is 8.27. The van der Waals surface area contributed by atoms with Gasteiger partial charge in [0.2, 0.25) is 0 Å². The van der Waals surface area contributed by atoms with Crippen LogP contribution < -0.4 is 5.73 Å². The zero-order valence-corrected chi connectivity index (χ0v) is 7.80. The summed E-state index contributed by atoms with van der Waals surface area (Å²) >= 11 is 0. The summed E-state index contributed by atoms with van der Waals surface area (Å²) in [6, 6.07) is -0.198. The van der Waals surface area contributed by atoms with Crippen LogP contribution in [0.15, 0.2) is 0 Å². The minimum absolute atomic E-state index is 0. The van der Waals surface area contributed by atoms with Crippen LogP contribution in [-0.2, 0) is 14.3 Å². The molecule has 0 aromatic heterocycles. The third-order valence-corrected chi connectivity index (χ3v) is 1.80. The van der Waals surface area contributed by atoms with Gasteiger partial charge in [0.25, 0.3) is 0 Å². The molecule has 1 heterocycles. The summed E-state index contributed by atoms with van der Waals surface area (Å²) < 4.78 is 9.66. The highest BCUT2D eigenvalue weighted by atomic mass is 35.5. The lowest BCUT2D eigenvalue weighted by Gasteiger charge is -2.26. The Morgan fingerprint density at radius 2 is 2.33 bits per heavy atom. The Morgan fingerprint density at radius 1 is 1.67 bits per heavy atom. The third kappa shape index (κ3) is 2.62. The second-order valence-electron chi connectivity index (χ2n) is 2.62. The van der Waals surface area contributed by atoms with E-state index in [1.807, 2.05) is 0 Å². The highest BCUT2D eigenvalue weighted by Crippen LogP contribution is 2.12. The number of halogens is 1. The number of hydrogen-bond donors (Lipinski definition) is 1. The van der Waals surface area contributed by atoms with Gasteiger partial charge in [0, 0.05) is 12.6 Å². The lowest BCUT2D eigenvalue weighted by molar-refractivity contribution is -0.158. The molecule has 0 unspecified atom stereocenters. The molecule has 0 aromatic carbocycles. The molecule has 1 aliphatic rings. The van der Waals surface area contributed by atoms with E-state index < -0.39 is 6.10 Å². The minimum Gasteiger partial charge on any atom is -0.467 e. The Hall–Kier alpha value is -0.320. The van der Waals surface area contributed by atoms with Crippen molar-refractivity contribution in [3.63, 3.8) is 0 Å². The molecule has 0 bridgehead atoms. The van der Waals surface area contributed by atoms with Gasteiger partial charge in [0.1, 0.15) is 0 Å². The molecule has 12 heavy (non-hydrogen) atoms. The van der Waals surface area contributed by atoms with Crippen LogP contribution in [0.5, 0.6) is 0 Å². The average Bonchev–Trinajstić information content (AvgIpc) is 2.04. The van der Waals surface area contributed by atoms with Crippen LogP contribution in [0.4, 0.5) is 0 Å². The number of methoxy groups -OCH3 is 1. The number of carbonyl (C=O) groups excluding carboxylic acids is 1. The highest BCUT2D eigenvalue weighted by molar-refractivity contribution is 5.85. The maximum Gasteiger partial charge on any atom is 0.336 e. The maximum absolute atomic E-state index is 11.0. The van der Waals surface area contributed by atoms with Gasteiger partial charge in [-0.2, -0.15) is 0 Å². The standard InChI is InChI=1S/C7H13NO3.ClH/c1-10-7(9)6-5(8)3-2-4-11-6;/h5-6H,2-4,8H2,1H3;1H/t5-,6+;/m1./s1. The van der Waals surface area contributed by atoms with Crippen molar-refractivity contribution in [3.05, 3.63) is 0 Å². The monoisotopic (exact) mass is 195 g/mol. The molecule has 0 aliphatic carbocycles. The Morgan fingerprint density at radius 3 is 2.83 bits per heavy atom. The van der Waals surface area contributed by atoms with Crippen molar-refractivity contribution >= 4 is 18.4 Å². The Balaban J connectivity index is 0.00000121. The molecule has 1 rings (SSSR count). The first-order chi connectivity index (χ1) is 5.25. The normalized spacial score (nSPS) is 28.8. The van der Waals surface area contributed by atoms with Crippen molar-refractivity contribution in [2.24, 2.45) is 5.73 Å². The van der Waals surface area contributed by atoms with Gasteiger partial charge in [-0.1, -0.05) is 0 Å². The van der Waals surface area contributed by atoms with Crippen molar-refractivity contribution in [1.29, 1.82) is 0 Å². The summed E-state index contributed by atoms with van der Waals surface area (Å²) in [5.74, 6) is -0.364. The Bertz CT molecular complexity index is 154. The predicted octanol–water partition coefficient (Wildman–Crippen LogP) is 0.0875. The molecule has 0 radical (unpaired) electrons. The third-order valence-electron chi connectivity index (χ3n) is 1.80. The molecule has 2 atom stereocenters. The lowest BCUT2D eigenvalue weighted by atomic mass is 10.0. The van der Waals surface area contributed by atoms with Gasteiger partial charge >= 0.3 is 5.97 Å².